The molecule has 1 amide bonds. The van der Waals surface area contributed by atoms with Crippen molar-refractivity contribution in [1.82, 2.24) is 0 Å². The topological polar surface area (TPSA) is 75.6 Å². The van der Waals surface area contributed by atoms with E-state index in [1.165, 1.54) is 18.6 Å². The summed E-state index contributed by atoms with van der Waals surface area (Å²) < 4.78 is 5.75. The van der Waals surface area contributed by atoms with Gasteiger partial charge in [-0.15, -0.1) is 0 Å². The number of hydrogen-bond donors (Lipinski definition) is 2. The highest BCUT2D eigenvalue weighted by Gasteiger charge is 2.13. The van der Waals surface area contributed by atoms with Gasteiger partial charge in [0.05, 0.1) is 17.7 Å². The molecule has 0 aromatic heterocycles. The number of amides is 1. The number of unbranched alkanes of at least 4 members (excludes halogenated alkanes) is 3. The monoisotopic (exact) mass is 341 g/mol. The third-order valence-corrected chi connectivity index (χ3v) is 3.75. The van der Waals surface area contributed by atoms with Crippen LogP contribution in [0, 0.1) is 0 Å². The Morgan fingerprint density at radius 1 is 1.04 bits per heavy atom. The number of carboxylic acid groups (broad SMARTS) is 1. The zero-order valence-corrected chi connectivity index (χ0v) is 14.3. The van der Waals surface area contributed by atoms with Crippen LogP contribution < -0.4 is 10.1 Å². The van der Waals surface area contributed by atoms with Crippen molar-refractivity contribution in [2.75, 3.05) is 11.9 Å². The molecule has 0 unspecified atom stereocenters. The Labute approximate surface area is 147 Å². The molecule has 25 heavy (non-hydrogen) atoms. The third kappa shape index (κ3) is 5.64. The first-order valence-electron chi connectivity index (χ1n) is 8.48. The molecule has 2 rings (SSSR count). The Bertz CT molecular complexity index is 727. The number of benzene rings is 2. The fourth-order valence-electron chi connectivity index (χ4n) is 2.42. The van der Waals surface area contributed by atoms with E-state index in [1.54, 1.807) is 30.3 Å². The van der Waals surface area contributed by atoms with Gasteiger partial charge in [0.2, 0.25) is 0 Å². The summed E-state index contributed by atoms with van der Waals surface area (Å²) in [6.45, 7) is 2.72. The van der Waals surface area contributed by atoms with Crippen LogP contribution in [0.1, 0.15) is 53.3 Å². The van der Waals surface area contributed by atoms with Gasteiger partial charge in [-0.3, -0.25) is 4.79 Å². The van der Waals surface area contributed by atoms with E-state index in [2.05, 4.69) is 12.2 Å². The molecule has 0 heterocycles. The number of para-hydroxylation sites is 1. The fourth-order valence-corrected chi connectivity index (χ4v) is 2.42. The van der Waals surface area contributed by atoms with Crippen LogP contribution in [0.5, 0.6) is 5.75 Å². The molecule has 0 saturated heterocycles. The maximum atomic E-state index is 12.5. The van der Waals surface area contributed by atoms with Gasteiger partial charge in [-0.1, -0.05) is 44.4 Å². The minimum atomic E-state index is -1.04. The largest absolute Gasteiger partial charge is 0.493 e. The number of aromatic carboxylic acids is 1. The molecule has 132 valence electrons. The van der Waals surface area contributed by atoms with Crippen molar-refractivity contribution < 1.29 is 19.4 Å². The highest BCUT2D eigenvalue weighted by Crippen LogP contribution is 2.21. The summed E-state index contributed by atoms with van der Waals surface area (Å²) >= 11 is 0. The molecule has 0 radical (unpaired) electrons. The van der Waals surface area contributed by atoms with Crippen molar-refractivity contribution in [2.45, 2.75) is 32.6 Å². The Morgan fingerprint density at radius 3 is 2.60 bits per heavy atom. The minimum absolute atomic E-state index is 0.123. The normalized spacial score (nSPS) is 10.3. The summed E-state index contributed by atoms with van der Waals surface area (Å²) in [5, 5.41) is 11.8. The number of carbonyl (C=O) groups is 2. The van der Waals surface area contributed by atoms with E-state index in [0.29, 0.717) is 23.6 Å². The van der Waals surface area contributed by atoms with Gasteiger partial charge in [-0.05, 0) is 36.8 Å². The molecule has 5 heteroatoms. The number of carboxylic acids is 1. The maximum Gasteiger partial charge on any atom is 0.335 e. The van der Waals surface area contributed by atoms with Crippen LogP contribution in [0.3, 0.4) is 0 Å². The van der Waals surface area contributed by atoms with Crippen molar-refractivity contribution in [2.24, 2.45) is 0 Å². The predicted octanol–water partition coefficient (Wildman–Crippen LogP) is 4.60. The van der Waals surface area contributed by atoms with Gasteiger partial charge < -0.3 is 15.2 Å². The van der Waals surface area contributed by atoms with Crippen LogP contribution >= 0.6 is 0 Å². The lowest BCUT2D eigenvalue weighted by molar-refractivity contribution is 0.0696. The van der Waals surface area contributed by atoms with Crippen LogP contribution in [0.2, 0.25) is 0 Å². The Balaban J connectivity index is 2.04. The highest BCUT2D eigenvalue weighted by molar-refractivity contribution is 6.06. The van der Waals surface area contributed by atoms with Gasteiger partial charge in [0.15, 0.2) is 0 Å². The van der Waals surface area contributed by atoms with Crippen LogP contribution in [0.15, 0.2) is 48.5 Å². The third-order valence-electron chi connectivity index (χ3n) is 3.75. The summed E-state index contributed by atoms with van der Waals surface area (Å²) in [5.41, 5.74) is 0.986. The quantitative estimate of drug-likeness (QED) is 0.654. The molecular formula is C20H23NO4. The standard InChI is InChI=1S/C20H23NO4/c1-2-3-4-7-13-25-18-12-6-5-11-17(18)19(22)21-16-10-8-9-15(14-16)20(23)24/h5-6,8-12,14H,2-4,7,13H2,1H3,(H,21,22)(H,23,24). The van der Waals surface area contributed by atoms with Crippen LogP contribution in [0.25, 0.3) is 0 Å². The first-order chi connectivity index (χ1) is 12.1. The number of ether oxygens (including phenoxy) is 1. The summed E-state index contributed by atoms with van der Waals surface area (Å²) in [6.07, 6.45) is 4.39. The molecule has 0 atom stereocenters. The summed E-state index contributed by atoms with van der Waals surface area (Å²) in [5.74, 6) is -0.829. The zero-order valence-electron chi connectivity index (χ0n) is 14.3. The summed E-state index contributed by atoms with van der Waals surface area (Å²) in [6, 6.07) is 13.2. The first kappa shape index (κ1) is 18.5. The van der Waals surface area contributed by atoms with Crippen LogP contribution in [-0.4, -0.2) is 23.6 Å². The molecule has 0 aliphatic heterocycles. The molecule has 5 nitrogen and oxygen atoms in total. The van der Waals surface area contributed by atoms with Crippen LogP contribution in [-0.2, 0) is 0 Å². The molecule has 2 N–H and O–H groups in total. The minimum Gasteiger partial charge on any atom is -0.493 e. The lowest BCUT2D eigenvalue weighted by Gasteiger charge is -2.12. The summed E-state index contributed by atoms with van der Waals surface area (Å²) in [7, 11) is 0. The van der Waals surface area contributed by atoms with E-state index in [1.807, 2.05) is 6.07 Å². The first-order valence-corrected chi connectivity index (χ1v) is 8.48. The van der Waals surface area contributed by atoms with E-state index >= 15 is 0 Å². The summed E-state index contributed by atoms with van der Waals surface area (Å²) in [4.78, 5) is 23.5. The van der Waals surface area contributed by atoms with Gasteiger partial charge in [-0.25, -0.2) is 4.79 Å². The number of rotatable bonds is 9. The second kappa shape index (κ2) is 9.47. The second-order valence-electron chi connectivity index (χ2n) is 5.75. The van der Waals surface area contributed by atoms with Gasteiger partial charge in [0, 0.05) is 5.69 Å². The van der Waals surface area contributed by atoms with Crippen molar-refractivity contribution in [3.05, 3.63) is 59.7 Å². The van der Waals surface area contributed by atoms with Gasteiger partial charge in [0.1, 0.15) is 5.75 Å². The van der Waals surface area contributed by atoms with Gasteiger partial charge in [0.25, 0.3) is 5.91 Å². The molecule has 0 saturated carbocycles. The average molecular weight is 341 g/mol. The SMILES string of the molecule is CCCCCCOc1ccccc1C(=O)Nc1cccc(C(=O)O)c1. The van der Waals surface area contributed by atoms with Crippen molar-refractivity contribution in [3.8, 4) is 5.75 Å². The Morgan fingerprint density at radius 2 is 1.84 bits per heavy atom. The Hall–Kier alpha value is -2.82. The van der Waals surface area contributed by atoms with Gasteiger partial charge in [-0.2, -0.15) is 0 Å². The number of carbonyl (C=O) groups excluding carboxylic acids is 1. The lowest BCUT2D eigenvalue weighted by atomic mass is 10.1. The van der Waals surface area contributed by atoms with Gasteiger partial charge >= 0.3 is 5.97 Å². The fraction of sp³-hybridized carbons (Fsp3) is 0.300. The molecular weight excluding hydrogens is 318 g/mol. The second-order valence-corrected chi connectivity index (χ2v) is 5.75. The van der Waals surface area contributed by atoms with E-state index in [0.717, 1.165) is 19.3 Å². The van der Waals surface area contributed by atoms with Crippen molar-refractivity contribution in [1.29, 1.82) is 0 Å². The predicted molar refractivity (Wildman–Crippen MR) is 97.4 cm³/mol. The van der Waals surface area contributed by atoms with Crippen molar-refractivity contribution in [3.63, 3.8) is 0 Å². The lowest BCUT2D eigenvalue weighted by Crippen LogP contribution is -2.14. The maximum absolute atomic E-state index is 12.5. The van der Waals surface area contributed by atoms with E-state index in [9.17, 15) is 9.59 Å². The number of nitrogens with one attached hydrogen (secondary N) is 1. The zero-order chi connectivity index (χ0) is 18.1. The molecule has 0 aliphatic carbocycles. The van der Waals surface area contributed by atoms with Crippen LogP contribution in [0.4, 0.5) is 5.69 Å². The molecule has 0 spiro atoms. The molecule has 0 bridgehead atoms. The van der Waals surface area contributed by atoms with E-state index in [-0.39, 0.29) is 11.5 Å². The van der Waals surface area contributed by atoms with Crippen molar-refractivity contribution >= 4 is 17.6 Å². The van der Waals surface area contributed by atoms with E-state index in [4.69, 9.17) is 9.84 Å². The average Bonchev–Trinajstić information content (AvgIpc) is 2.62. The number of anilines is 1. The molecule has 2 aromatic rings. The smallest absolute Gasteiger partial charge is 0.335 e. The number of hydrogen-bond acceptors (Lipinski definition) is 3. The molecule has 0 aliphatic rings. The van der Waals surface area contributed by atoms with E-state index < -0.39 is 5.97 Å². The Kier molecular flexibility index (Phi) is 7.01. The molecule has 0 fully saturated rings. The molecule has 2 aromatic carbocycles. The highest BCUT2D eigenvalue weighted by atomic mass is 16.5.